The molecule has 0 bridgehead atoms. The van der Waals surface area contributed by atoms with E-state index in [2.05, 4.69) is 0 Å². The number of carboxylic acid groups (broad SMARTS) is 1. The Morgan fingerprint density at radius 2 is 1.88 bits per heavy atom. The van der Waals surface area contributed by atoms with Crippen LogP contribution in [0.1, 0.15) is 39.9 Å². The third-order valence-corrected chi connectivity index (χ3v) is 3.47. The molecular weight excluding hydrogens is 204 g/mol. The van der Waals surface area contributed by atoms with Crippen LogP contribution in [-0.2, 0) is 10.2 Å². The molecule has 0 amide bonds. The highest BCUT2D eigenvalue weighted by molar-refractivity contribution is 5.90. The molecule has 0 heterocycles. The standard InChI is InChI=1S/C13H14O3/c1-8-5-10(7-14)11(6-9(8)2)13(3-4-13)12(15)16/h5-7H,3-4H2,1-2H3,(H,15,16). The quantitative estimate of drug-likeness (QED) is 0.791. The minimum Gasteiger partial charge on any atom is -0.481 e. The first-order valence-electron chi connectivity index (χ1n) is 5.31. The maximum atomic E-state index is 11.2. The van der Waals surface area contributed by atoms with Crippen LogP contribution in [-0.4, -0.2) is 17.4 Å². The van der Waals surface area contributed by atoms with Gasteiger partial charge < -0.3 is 5.11 Å². The second-order valence-electron chi connectivity index (χ2n) is 4.53. The van der Waals surface area contributed by atoms with Crippen LogP contribution in [0.4, 0.5) is 0 Å². The smallest absolute Gasteiger partial charge is 0.314 e. The number of aldehydes is 1. The van der Waals surface area contributed by atoms with Crippen LogP contribution in [0.2, 0.25) is 0 Å². The van der Waals surface area contributed by atoms with E-state index in [1.807, 2.05) is 19.9 Å². The summed E-state index contributed by atoms with van der Waals surface area (Å²) in [7, 11) is 0. The Balaban J connectivity index is 2.60. The van der Waals surface area contributed by atoms with Gasteiger partial charge >= 0.3 is 5.97 Å². The van der Waals surface area contributed by atoms with Crippen molar-refractivity contribution in [1.29, 1.82) is 0 Å². The Morgan fingerprint density at radius 1 is 1.31 bits per heavy atom. The SMILES string of the molecule is Cc1cc(C=O)c(C2(C(=O)O)CC2)cc1C. The lowest BCUT2D eigenvalue weighted by molar-refractivity contribution is -0.140. The molecule has 1 N–H and O–H groups in total. The molecule has 0 saturated heterocycles. The van der Waals surface area contributed by atoms with Crippen LogP contribution in [0.5, 0.6) is 0 Å². The predicted octanol–water partition coefficient (Wildman–Crippen LogP) is 2.23. The Hall–Kier alpha value is -1.64. The maximum absolute atomic E-state index is 11.2. The van der Waals surface area contributed by atoms with E-state index >= 15 is 0 Å². The van der Waals surface area contributed by atoms with Gasteiger partial charge in [-0.2, -0.15) is 0 Å². The summed E-state index contributed by atoms with van der Waals surface area (Å²) in [4.78, 5) is 22.2. The minimum atomic E-state index is -0.821. The number of aliphatic carboxylic acids is 1. The summed E-state index contributed by atoms with van der Waals surface area (Å²) in [6, 6.07) is 3.63. The highest BCUT2D eigenvalue weighted by Gasteiger charge is 2.52. The fourth-order valence-electron chi connectivity index (χ4n) is 2.07. The van der Waals surface area contributed by atoms with Crippen molar-refractivity contribution >= 4 is 12.3 Å². The van der Waals surface area contributed by atoms with Gasteiger partial charge in [-0.15, -0.1) is 0 Å². The van der Waals surface area contributed by atoms with Crippen LogP contribution in [0.15, 0.2) is 12.1 Å². The maximum Gasteiger partial charge on any atom is 0.314 e. The van der Waals surface area contributed by atoms with Gasteiger partial charge in [-0.3, -0.25) is 9.59 Å². The fourth-order valence-corrected chi connectivity index (χ4v) is 2.07. The van der Waals surface area contributed by atoms with Crippen LogP contribution in [0.25, 0.3) is 0 Å². The lowest BCUT2D eigenvalue weighted by Gasteiger charge is -2.15. The fraction of sp³-hybridized carbons (Fsp3) is 0.385. The Bertz CT molecular complexity index is 470. The largest absolute Gasteiger partial charge is 0.481 e. The first-order chi connectivity index (χ1) is 7.51. The van der Waals surface area contributed by atoms with E-state index in [4.69, 9.17) is 0 Å². The first-order valence-corrected chi connectivity index (χ1v) is 5.31. The normalized spacial score (nSPS) is 16.9. The van der Waals surface area contributed by atoms with E-state index in [1.165, 1.54) is 0 Å². The van der Waals surface area contributed by atoms with E-state index in [9.17, 15) is 14.7 Å². The molecule has 0 unspecified atom stereocenters. The average molecular weight is 218 g/mol. The van der Waals surface area contributed by atoms with Gasteiger partial charge in [-0.1, -0.05) is 6.07 Å². The predicted molar refractivity (Wildman–Crippen MR) is 59.9 cm³/mol. The first kappa shape index (κ1) is 10.9. The molecule has 2 rings (SSSR count). The van der Waals surface area contributed by atoms with Gasteiger partial charge in [0.25, 0.3) is 0 Å². The molecule has 0 aliphatic heterocycles. The van der Waals surface area contributed by atoms with Crippen molar-refractivity contribution in [1.82, 2.24) is 0 Å². The molecule has 0 atom stereocenters. The highest BCUT2D eigenvalue weighted by atomic mass is 16.4. The van der Waals surface area contributed by atoms with Crippen molar-refractivity contribution in [3.05, 3.63) is 34.4 Å². The molecule has 0 radical (unpaired) electrons. The second kappa shape index (κ2) is 3.44. The van der Waals surface area contributed by atoms with Gasteiger partial charge in [0.05, 0.1) is 5.41 Å². The van der Waals surface area contributed by atoms with E-state index in [0.29, 0.717) is 24.0 Å². The molecule has 0 aromatic heterocycles. The monoisotopic (exact) mass is 218 g/mol. The number of rotatable bonds is 3. The number of hydrogen-bond donors (Lipinski definition) is 1. The number of benzene rings is 1. The zero-order valence-electron chi connectivity index (χ0n) is 9.41. The minimum absolute atomic E-state index is 0.517. The molecule has 1 fully saturated rings. The summed E-state index contributed by atoms with van der Waals surface area (Å²) in [5, 5.41) is 9.22. The molecule has 1 aromatic rings. The summed E-state index contributed by atoms with van der Waals surface area (Å²) in [5.74, 6) is -0.821. The van der Waals surface area contributed by atoms with Gasteiger partial charge in [-0.25, -0.2) is 0 Å². The molecule has 3 nitrogen and oxygen atoms in total. The Labute approximate surface area is 94.1 Å². The third-order valence-electron chi connectivity index (χ3n) is 3.47. The lowest BCUT2D eigenvalue weighted by Crippen LogP contribution is -2.21. The molecule has 1 saturated carbocycles. The third kappa shape index (κ3) is 1.43. The molecule has 1 aliphatic carbocycles. The summed E-state index contributed by atoms with van der Waals surface area (Å²) in [6.45, 7) is 3.86. The van der Waals surface area contributed by atoms with Crippen molar-refractivity contribution in [2.45, 2.75) is 32.1 Å². The molecule has 3 heteroatoms. The van der Waals surface area contributed by atoms with E-state index in [-0.39, 0.29) is 0 Å². The summed E-state index contributed by atoms with van der Waals surface area (Å²) >= 11 is 0. The van der Waals surface area contributed by atoms with Crippen molar-refractivity contribution in [3.8, 4) is 0 Å². The molecular formula is C13H14O3. The Morgan fingerprint density at radius 3 is 2.31 bits per heavy atom. The van der Waals surface area contributed by atoms with Crippen LogP contribution >= 0.6 is 0 Å². The van der Waals surface area contributed by atoms with Crippen molar-refractivity contribution in [2.75, 3.05) is 0 Å². The molecule has 1 aromatic carbocycles. The zero-order valence-corrected chi connectivity index (χ0v) is 9.41. The Kier molecular flexibility index (Phi) is 2.34. The van der Waals surface area contributed by atoms with Crippen LogP contribution < -0.4 is 0 Å². The molecule has 16 heavy (non-hydrogen) atoms. The average Bonchev–Trinajstić information content (AvgIpc) is 3.02. The number of carbonyl (C=O) groups is 2. The van der Waals surface area contributed by atoms with E-state index in [1.54, 1.807) is 6.07 Å². The zero-order chi connectivity index (χ0) is 11.9. The second-order valence-corrected chi connectivity index (χ2v) is 4.53. The summed E-state index contributed by atoms with van der Waals surface area (Å²) in [6.07, 6.45) is 2.02. The van der Waals surface area contributed by atoms with Gasteiger partial charge in [-0.05, 0) is 49.4 Å². The van der Waals surface area contributed by atoms with Crippen molar-refractivity contribution < 1.29 is 14.7 Å². The number of hydrogen-bond acceptors (Lipinski definition) is 2. The van der Waals surface area contributed by atoms with Gasteiger partial charge in [0.15, 0.2) is 0 Å². The van der Waals surface area contributed by atoms with Crippen molar-refractivity contribution in [2.24, 2.45) is 0 Å². The van der Waals surface area contributed by atoms with Gasteiger partial charge in [0.2, 0.25) is 0 Å². The van der Waals surface area contributed by atoms with Crippen molar-refractivity contribution in [3.63, 3.8) is 0 Å². The molecule has 84 valence electrons. The lowest BCUT2D eigenvalue weighted by atomic mass is 9.89. The van der Waals surface area contributed by atoms with Crippen LogP contribution in [0, 0.1) is 13.8 Å². The highest BCUT2D eigenvalue weighted by Crippen LogP contribution is 2.49. The van der Waals surface area contributed by atoms with Gasteiger partial charge in [0, 0.05) is 5.56 Å². The summed E-state index contributed by atoms with van der Waals surface area (Å²) < 4.78 is 0. The van der Waals surface area contributed by atoms with E-state index in [0.717, 1.165) is 17.4 Å². The molecule has 0 spiro atoms. The number of carboxylic acids is 1. The summed E-state index contributed by atoms with van der Waals surface area (Å²) in [5.41, 5.74) is 2.45. The van der Waals surface area contributed by atoms with Crippen LogP contribution in [0.3, 0.4) is 0 Å². The van der Waals surface area contributed by atoms with E-state index < -0.39 is 11.4 Å². The number of aryl methyl sites for hydroxylation is 2. The molecule has 1 aliphatic rings. The topological polar surface area (TPSA) is 54.4 Å². The number of carbonyl (C=O) groups excluding carboxylic acids is 1. The van der Waals surface area contributed by atoms with Gasteiger partial charge in [0.1, 0.15) is 6.29 Å².